The Morgan fingerprint density at radius 2 is 2.03 bits per heavy atom. The molecule has 1 aromatic carbocycles. The van der Waals surface area contributed by atoms with E-state index in [1.165, 1.54) is 24.7 Å². The first-order valence-electron chi connectivity index (χ1n) is 11.3. The largest absolute Gasteiger partial charge is 0.496 e. The second-order valence-corrected chi connectivity index (χ2v) is 11.3. The van der Waals surface area contributed by atoms with E-state index in [4.69, 9.17) is 9.47 Å². The molecule has 2 aromatic rings. The minimum atomic E-state index is -0.936. The number of rotatable bonds is 7. The number of carbonyl (C=O) groups is 3. The van der Waals surface area contributed by atoms with E-state index in [0.29, 0.717) is 16.3 Å². The van der Waals surface area contributed by atoms with Crippen LogP contribution >= 0.6 is 34.9 Å². The van der Waals surface area contributed by atoms with Crippen molar-refractivity contribution in [2.24, 2.45) is 10.1 Å². The molecule has 1 aromatic heterocycles. The number of nitrogens with one attached hydrogen (secondary N) is 2. The van der Waals surface area contributed by atoms with Crippen LogP contribution in [0.2, 0.25) is 0 Å². The highest BCUT2D eigenvalue weighted by Crippen LogP contribution is 2.38. The number of hydrogen-bond donors (Lipinski definition) is 2. The van der Waals surface area contributed by atoms with E-state index in [1.807, 2.05) is 18.2 Å². The predicted octanol–water partition coefficient (Wildman–Crippen LogP) is 3.85. The highest BCUT2D eigenvalue weighted by molar-refractivity contribution is 8.38. The number of carbonyl (C=O) groups excluding carboxylic acids is 3. The maximum atomic E-state index is 12.5. The second kappa shape index (κ2) is 12.4. The van der Waals surface area contributed by atoms with Crippen LogP contribution in [0.25, 0.3) is 0 Å². The average molecular weight is 547 g/mol. The van der Waals surface area contributed by atoms with Gasteiger partial charge in [0, 0.05) is 21.9 Å². The van der Waals surface area contributed by atoms with E-state index >= 15 is 0 Å². The van der Waals surface area contributed by atoms with Crippen LogP contribution in [0.15, 0.2) is 28.3 Å². The number of thiophene rings is 1. The summed E-state index contributed by atoms with van der Waals surface area (Å²) in [7, 11) is 2.92. The molecule has 0 atom stereocenters. The zero-order chi connectivity index (χ0) is 25.5. The monoisotopic (exact) mass is 546 g/mol. The van der Waals surface area contributed by atoms with Crippen LogP contribution in [0, 0.1) is 0 Å². The van der Waals surface area contributed by atoms with Gasteiger partial charge >= 0.3 is 17.8 Å². The van der Waals surface area contributed by atoms with Gasteiger partial charge in [-0.1, -0.05) is 23.5 Å². The van der Waals surface area contributed by atoms with Crippen molar-refractivity contribution in [2.75, 3.05) is 31.8 Å². The fourth-order valence-corrected chi connectivity index (χ4v) is 7.14. The molecule has 2 amide bonds. The van der Waals surface area contributed by atoms with E-state index in [-0.39, 0.29) is 0 Å². The Hall–Kier alpha value is -2.83. The van der Waals surface area contributed by atoms with E-state index < -0.39 is 17.8 Å². The van der Waals surface area contributed by atoms with Crippen LogP contribution in [0.5, 0.6) is 5.75 Å². The summed E-state index contributed by atoms with van der Waals surface area (Å²) in [4.78, 5) is 42.7. The third-order valence-electron chi connectivity index (χ3n) is 5.59. The lowest BCUT2D eigenvalue weighted by Gasteiger charge is -2.11. The summed E-state index contributed by atoms with van der Waals surface area (Å²) in [5.74, 6) is 0.102. The number of amides is 2. The number of hydrogen-bond acceptors (Lipinski definition) is 10. The van der Waals surface area contributed by atoms with Gasteiger partial charge in [-0.2, -0.15) is 5.10 Å². The van der Waals surface area contributed by atoms with E-state index in [2.05, 4.69) is 20.8 Å². The Morgan fingerprint density at radius 1 is 1.19 bits per heavy atom. The van der Waals surface area contributed by atoms with Gasteiger partial charge in [-0.15, -0.1) is 11.3 Å². The molecule has 0 saturated heterocycles. The minimum Gasteiger partial charge on any atom is -0.496 e. The summed E-state index contributed by atoms with van der Waals surface area (Å²) in [5, 5.41) is 6.82. The first kappa shape index (κ1) is 26.2. The Morgan fingerprint density at radius 3 is 2.78 bits per heavy atom. The van der Waals surface area contributed by atoms with Gasteiger partial charge in [-0.05, 0) is 55.0 Å². The molecule has 4 rings (SSSR count). The number of hydrazone groups is 1. The summed E-state index contributed by atoms with van der Waals surface area (Å²) in [6, 6.07) is 5.56. The van der Waals surface area contributed by atoms with Crippen molar-refractivity contribution in [3.05, 3.63) is 45.3 Å². The molecule has 0 radical (unpaired) electrons. The number of anilines is 1. The average Bonchev–Trinajstić information content (AvgIpc) is 3.54. The maximum Gasteiger partial charge on any atom is 0.341 e. The maximum absolute atomic E-state index is 12.5. The van der Waals surface area contributed by atoms with Gasteiger partial charge in [0.1, 0.15) is 15.1 Å². The van der Waals surface area contributed by atoms with Crippen molar-refractivity contribution in [3.63, 3.8) is 0 Å². The molecule has 9 nitrogen and oxygen atoms in total. The molecule has 36 heavy (non-hydrogen) atoms. The van der Waals surface area contributed by atoms with Crippen LogP contribution in [-0.4, -0.2) is 54.9 Å². The van der Waals surface area contributed by atoms with Gasteiger partial charge in [-0.25, -0.2) is 10.2 Å². The predicted molar refractivity (Wildman–Crippen MR) is 146 cm³/mol. The summed E-state index contributed by atoms with van der Waals surface area (Å²) in [6.45, 7) is 0.850. The van der Waals surface area contributed by atoms with Crippen molar-refractivity contribution in [1.82, 2.24) is 5.43 Å². The molecule has 0 saturated carbocycles. The molecule has 1 aliphatic heterocycles. The first-order chi connectivity index (χ1) is 17.5. The lowest BCUT2D eigenvalue weighted by Crippen LogP contribution is -2.32. The topological polar surface area (TPSA) is 118 Å². The van der Waals surface area contributed by atoms with E-state index in [1.54, 1.807) is 30.6 Å². The number of esters is 1. The minimum absolute atomic E-state index is 0.334. The first-order valence-corrected chi connectivity index (χ1v) is 14.1. The number of thioether (sulfide) groups is 2. The number of nitrogens with zero attached hydrogens (tertiary/aromatic N) is 2. The number of aliphatic imine (C=N–C) groups is 1. The zero-order valence-electron chi connectivity index (χ0n) is 19.9. The zero-order valence-corrected chi connectivity index (χ0v) is 22.4. The number of benzene rings is 1. The van der Waals surface area contributed by atoms with Gasteiger partial charge in [0.15, 0.2) is 0 Å². The van der Waals surface area contributed by atoms with Crippen LogP contribution in [0.4, 0.5) is 5.00 Å². The Bertz CT molecular complexity index is 1220. The van der Waals surface area contributed by atoms with Crippen LogP contribution in [0.3, 0.4) is 0 Å². The van der Waals surface area contributed by atoms with Crippen molar-refractivity contribution >= 4 is 68.2 Å². The molecule has 0 fully saturated rings. The lowest BCUT2D eigenvalue weighted by atomic mass is 9.95. The molecular formula is C24H26N4O5S3. The van der Waals surface area contributed by atoms with Crippen LogP contribution < -0.4 is 15.5 Å². The third kappa shape index (κ3) is 6.29. The lowest BCUT2D eigenvalue weighted by molar-refractivity contribution is -0.136. The molecule has 2 aliphatic rings. The van der Waals surface area contributed by atoms with Crippen molar-refractivity contribution in [3.8, 4) is 5.75 Å². The molecule has 0 bridgehead atoms. The van der Waals surface area contributed by atoms with Gasteiger partial charge in [0.25, 0.3) is 0 Å². The second-order valence-electron chi connectivity index (χ2n) is 7.92. The van der Waals surface area contributed by atoms with Crippen molar-refractivity contribution in [1.29, 1.82) is 0 Å². The number of aryl methyl sites for hydroxylation is 1. The summed E-state index contributed by atoms with van der Waals surface area (Å²) >= 11 is 4.72. The van der Waals surface area contributed by atoms with Gasteiger partial charge < -0.3 is 14.8 Å². The summed E-state index contributed by atoms with van der Waals surface area (Å²) in [6.07, 6.45) is 5.04. The Labute approximate surface area is 221 Å². The molecule has 12 heteroatoms. The van der Waals surface area contributed by atoms with Crippen LogP contribution in [-0.2, 0) is 32.9 Å². The molecule has 0 spiro atoms. The highest BCUT2D eigenvalue weighted by atomic mass is 32.2. The molecule has 2 heterocycles. The van der Waals surface area contributed by atoms with E-state index in [0.717, 1.165) is 69.7 Å². The number of ether oxygens (including phenoxy) is 2. The SMILES string of the molecule is COC(=O)c1c(NC(=O)C(=O)N/N=C/c2ccc(OC)c(CSC3=NCCS3)c2)sc2c1CCCC2. The fraction of sp³-hybridized carbons (Fsp3) is 0.375. The third-order valence-corrected chi connectivity index (χ3v) is 9.10. The molecule has 2 N–H and O–H groups in total. The molecule has 190 valence electrons. The van der Waals surface area contributed by atoms with E-state index in [9.17, 15) is 14.4 Å². The smallest absolute Gasteiger partial charge is 0.341 e. The summed E-state index contributed by atoms with van der Waals surface area (Å²) < 4.78 is 11.4. The van der Waals surface area contributed by atoms with Crippen molar-refractivity contribution < 1.29 is 23.9 Å². The molecule has 0 unspecified atom stereocenters. The quantitative estimate of drug-likeness (QED) is 0.234. The molecular weight excluding hydrogens is 520 g/mol. The summed E-state index contributed by atoms with van der Waals surface area (Å²) in [5.41, 5.74) is 5.21. The van der Waals surface area contributed by atoms with Crippen molar-refractivity contribution in [2.45, 2.75) is 31.4 Å². The fourth-order valence-electron chi connectivity index (χ4n) is 3.88. The van der Waals surface area contributed by atoms with Crippen LogP contribution in [0.1, 0.15) is 44.8 Å². The molecule has 1 aliphatic carbocycles. The number of methoxy groups -OCH3 is 2. The van der Waals surface area contributed by atoms with Gasteiger partial charge in [0.05, 0.1) is 32.5 Å². The van der Waals surface area contributed by atoms with Gasteiger partial charge in [-0.3, -0.25) is 14.6 Å². The Kier molecular flexibility index (Phi) is 9.05. The number of fused-ring (bicyclic) bond motifs is 1. The highest BCUT2D eigenvalue weighted by Gasteiger charge is 2.28. The van der Waals surface area contributed by atoms with Gasteiger partial charge in [0.2, 0.25) is 0 Å². The Balaban J connectivity index is 1.38. The normalized spacial score (nSPS) is 14.8. The standard InChI is InChI=1S/C24H26N4O5S3/c1-32-17-8-7-14(11-15(17)13-35-24-25-9-10-34-24)12-26-28-21(30)20(29)27-22-19(23(31)33-2)16-5-3-4-6-18(16)36-22/h7-8,11-12H,3-6,9-10,13H2,1-2H3,(H,27,29)(H,28,30)/b26-12+.